The zero-order valence-corrected chi connectivity index (χ0v) is 16.3. The maximum atomic E-state index is 12.6. The van der Waals surface area contributed by atoms with Gasteiger partial charge < -0.3 is 0 Å². The summed E-state index contributed by atoms with van der Waals surface area (Å²) in [5.41, 5.74) is 2.63. The van der Waals surface area contributed by atoms with Gasteiger partial charge in [-0.15, -0.1) is 0 Å². The van der Waals surface area contributed by atoms with Crippen LogP contribution in [0.4, 0.5) is 0 Å². The van der Waals surface area contributed by atoms with Gasteiger partial charge in [0.2, 0.25) is 5.78 Å². The molecule has 0 radical (unpaired) electrons. The van der Waals surface area contributed by atoms with E-state index in [-0.39, 0.29) is 22.3 Å². The minimum absolute atomic E-state index is 0.0199. The van der Waals surface area contributed by atoms with Gasteiger partial charge in [-0.25, -0.2) is 14.9 Å². The Morgan fingerprint density at radius 1 is 1.10 bits per heavy atom. The average molecular weight is 409 g/mol. The number of thioether (sulfide) groups is 1. The second-order valence-corrected chi connectivity index (χ2v) is 7.36. The number of aryl methyl sites for hydroxylation is 1. The molecule has 9 nitrogen and oxygen atoms in total. The summed E-state index contributed by atoms with van der Waals surface area (Å²) in [6, 6.07) is 11.0. The van der Waals surface area contributed by atoms with Gasteiger partial charge in [0.15, 0.2) is 5.03 Å². The Bertz CT molecular complexity index is 1330. The third kappa shape index (κ3) is 3.17. The first kappa shape index (κ1) is 18.8. The molecule has 0 spiro atoms. The Balaban J connectivity index is 1.52. The van der Waals surface area contributed by atoms with Crippen LogP contribution in [0.2, 0.25) is 0 Å². The van der Waals surface area contributed by atoms with Crippen molar-refractivity contribution in [3.63, 3.8) is 0 Å². The van der Waals surface area contributed by atoms with Crippen molar-refractivity contribution in [1.82, 2.24) is 19.8 Å². The highest BCUT2D eigenvalue weighted by molar-refractivity contribution is 7.99. The van der Waals surface area contributed by atoms with Crippen LogP contribution in [0.1, 0.15) is 15.9 Å². The molecule has 1 aromatic heterocycles. The number of benzene rings is 2. The van der Waals surface area contributed by atoms with Crippen molar-refractivity contribution in [3.05, 3.63) is 68.4 Å². The minimum atomic E-state index is -0.578. The summed E-state index contributed by atoms with van der Waals surface area (Å²) >= 11 is 0.887. The normalized spacial score (nSPS) is 14.0. The van der Waals surface area contributed by atoms with Crippen LogP contribution in [0.5, 0.6) is 0 Å². The predicted octanol–water partition coefficient (Wildman–Crippen LogP) is 0.441. The summed E-state index contributed by atoms with van der Waals surface area (Å²) in [5, 5.41) is 9.66. The topological polar surface area (TPSA) is 115 Å². The molecule has 1 N–H and O–H groups in total. The van der Waals surface area contributed by atoms with Crippen LogP contribution in [-0.2, 0) is 18.9 Å². The summed E-state index contributed by atoms with van der Waals surface area (Å²) in [5.74, 6) is -0.905. The van der Waals surface area contributed by atoms with E-state index >= 15 is 0 Å². The summed E-state index contributed by atoms with van der Waals surface area (Å²) in [7, 11) is 2.76. The Morgan fingerprint density at radius 3 is 2.52 bits per heavy atom. The van der Waals surface area contributed by atoms with Crippen LogP contribution in [-0.4, -0.2) is 37.5 Å². The number of carbonyl (C=O) groups is 2. The van der Waals surface area contributed by atoms with Crippen molar-refractivity contribution in [2.75, 3.05) is 5.75 Å². The number of rotatable bonds is 4. The van der Waals surface area contributed by atoms with Gasteiger partial charge >= 0.3 is 5.69 Å². The number of ketones is 1. The number of hydrogen-bond donors (Lipinski definition) is 1. The third-order valence-electron chi connectivity index (χ3n) is 4.54. The molecule has 0 aliphatic heterocycles. The van der Waals surface area contributed by atoms with Crippen molar-refractivity contribution in [2.24, 2.45) is 19.2 Å². The van der Waals surface area contributed by atoms with Crippen LogP contribution in [0.15, 0.2) is 56.1 Å². The molecule has 0 saturated carbocycles. The molecule has 1 aliphatic carbocycles. The van der Waals surface area contributed by atoms with Gasteiger partial charge in [-0.2, -0.15) is 10.2 Å². The Morgan fingerprint density at radius 2 is 1.79 bits per heavy atom. The largest absolute Gasteiger partial charge is 0.346 e. The molecular formula is C19H15N5O4S. The van der Waals surface area contributed by atoms with E-state index in [1.165, 1.54) is 14.1 Å². The van der Waals surface area contributed by atoms with Gasteiger partial charge in [-0.1, -0.05) is 48.2 Å². The first-order valence-electron chi connectivity index (χ1n) is 8.59. The monoisotopic (exact) mass is 409 g/mol. The fourth-order valence-electron chi connectivity index (χ4n) is 3.13. The standard InChI is InChI=1S/C19H15N5O4S/c1-23-18(27)17(22-24(2)19(23)28)29-9-13(25)20-21-15-11-7-3-5-10-6-4-8-12(14(10)11)16(15)26/h3-8H,9H2,1-2H3,(H,20,25)/b21-15-. The molecule has 29 heavy (non-hydrogen) atoms. The van der Waals surface area contributed by atoms with E-state index < -0.39 is 17.2 Å². The van der Waals surface area contributed by atoms with E-state index in [1.807, 2.05) is 18.2 Å². The van der Waals surface area contributed by atoms with Crippen molar-refractivity contribution < 1.29 is 9.59 Å². The van der Waals surface area contributed by atoms with E-state index in [4.69, 9.17) is 0 Å². The van der Waals surface area contributed by atoms with Crippen LogP contribution >= 0.6 is 11.8 Å². The number of Topliss-reactive ketones (excluding diaryl/α,β-unsaturated/α-hetero) is 1. The van der Waals surface area contributed by atoms with Gasteiger partial charge in [-0.3, -0.25) is 19.0 Å². The van der Waals surface area contributed by atoms with Crippen LogP contribution in [0.25, 0.3) is 10.8 Å². The van der Waals surface area contributed by atoms with Gasteiger partial charge in [-0.05, 0) is 5.39 Å². The molecule has 2 aromatic carbocycles. The van der Waals surface area contributed by atoms with Gasteiger partial charge in [0.05, 0.1) is 5.75 Å². The summed E-state index contributed by atoms with van der Waals surface area (Å²) in [6.07, 6.45) is 0. The van der Waals surface area contributed by atoms with Gasteiger partial charge in [0.25, 0.3) is 11.5 Å². The number of hydrogen-bond acceptors (Lipinski definition) is 7. The predicted molar refractivity (Wildman–Crippen MR) is 108 cm³/mol. The lowest BCUT2D eigenvalue weighted by Crippen LogP contribution is -2.39. The Hall–Kier alpha value is -3.53. The fourth-order valence-corrected chi connectivity index (χ4v) is 3.91. The van der Waals surface area contributed by atoms with Crippen LogP contribution < -0.4 is 16.7 Å². The molecule has 1 amide bonds. The lowest BCUT2D eigenvalue weighted by atomic mass is 10.1. The lowest BCUT2D eigenvalue weighted by molar-refractivity contribution is -0.118. The maximum absolute atomic E-state index is 12.6. The van der Waals surface area contributed by atoms with Crippen molar-refractivity contribution in [2.45, 2.75) is 5.03 Å². The molecule has 0 saturated heterocycles. The highest BCUT2D eigenvalue weighted by atomic mass is 32.2. The molecule has 0 bridgehead atoms. The molecule has 10 heteroatoms. The molecule has 1 heterocycles. The molecule has 0 fully saturated rings. The quantitative estimate of drug-likeness (QED) is 0.494. The molecular weight excluding hydrogens is 394 g/mol. The second-order valence-electron chi connectivity index (χ2n) is 6.40. The highest BCUT2D eigenvalue weighted by Gasteiger charge is 2.28. The molecule has 4 rings (SSSR count). The summed E-state index contributed by atoms with van der Waals surface area (Å²) in [4.78, 5) is 48.6. The van der Waals surface area contributed by atoms with Gasteiger partial charge in [0, 0.05) is 30.6 Å². The number of aromatic nitrogens is 3. The van der Waals surface area contributed by atoms with E-state index in [2.05, 4.69) is 15.6 Å². The molecule has 146 valence electrons. The maximum Gasteiger partial charge on any atom is 0.346 e. The van der Waals surface area contributed by atoms with E-state index in [9.17, 15) is 19.2 Å². The minimum Gasteiger partial charge on any atom is -0.287 e. The van der Waals surface area contributed by atoms with Crippen molar-refractivity contribution >= 4 is 39.9 Å². The van der Waals surface area contributed by atoms with Crippen molar-refractivity contribution in [1.29, 1.82) is 0 Å². The molecule has 3 aromatic rings. The second kappa shape index (κ2) is 7.13. The number of nitrogens with one attached hydrogen (secondary N) is 1. The van der Waals surface area contributed by atoms with Crippen LogP contribution in [0, 0.1) is 0 Å². The average Bonchev–Trinajstić information content (AvgIpc) is 3.00. The number of carbonyl (C=O) groups excluding carboxylic acids is 2. The number of hydrazone groups is 1. The van der Waals surface area contributed by atoms with E-state index in [0.717, 1.165) is 31.8 Å². The summed E-state index contributed by atoms with van der Waals surface area (Å²) < 4.78 is 1.94. The highest BCUT2D eigenvalue weighted by Crippen LogP contribution is 2.30. The summed E-state index contributed by atoms with van der Waals surface area (Å²) in [6.45, 7) is 0. The number of nitrogens with zero attached hydrogens (tertiary/aromatic N) is 4. The zero-order chi connectivity index (χ0) is 20.7. The Labute approximate surface area is 168 Å². The van der Waals surface area contributed by atoms with Gasteiger partial charge in [0.1, 0.15) is 5.71 Å². The SMILES string of the molecule is Cn1nc(SCC(=O)N/N=C2\C(=O)c3cccc4cccc2c34)c(=O)n(C)c1=O. The Kier molecular flexibility index (Phi) is 4.63. The molecule has 0 unspecified atom stereocenters. The van der Waals surface area contributed by atoms with E-state index in [0.29, 0.717) is 11.1 Å². The zero-order valence-electron chi connectivity index (χ0n) is 15.5. The molecule has 1 aliphatic rings. The lowest BCUT2D eigenvalue weighted by Gasteiger charge is -2.05. The first-order valence-corrected chi connectivity index (χ1v) is 9.57. The molecule has 0 atom stereocenters. The van der Waals surface area contributed by atoms with Crippen molar-refractivity contribution in [3.8, 4) is 0 Å². The fraction of sp³-hybridized carbons (Fsp3) is 0.158. The van der Waals surface area contributed by atoms with E-state index in [1.54, 1.807) is 18.2 Å². The number of amides is 1. The third-order valence-corrected chi connectivity index (χ3v) is 5.48. The smallest absolute Gasteiger partial charge is 0.287 e. The first-order chi connectivity index (χ1) is 13.9. The van der Waals surface area contributed by atoms with Crippen LogP contribution in [0.3, 0.4) is 0 Å².